The Labute approximate surface area is 86.8 Å². The van der Waals surface area contributed by atoms with E-state index >= 15 is 0 Å². The topological polar surface area (TPSA) is 93.1 Å². The van der Waals surface area contributed by atoms with E-state index in [-0.39, 0.29) is 19.3 Å². The first kappa shape index (κ1) is 10.7. The number of carboxylic acid groups (broad SMARTS) is 1. The molecule has 0 radical (unpaired) electrons. The molecule has 0 aromatic rings. The van der Waals surface area contributed by atoms with Gasteiger partial charge in [0, 0.05) is 0 Å². The van der Waals surface area contributed by atoms with Crippen molar-refractivity contribution in [2.75, 3.05) is 13.2 Å². The van der Waals surface area contributed by atoms with E-state index in [0.717, 1.165) is 12.8 Å². The van der Waals surface area contributed by atoms with E-state index in [0.29, 0.717) is 4.31 Å². The van der Waals surface area contributed by atoms with Crippen LogP contribution in [-0.4, -0.2) is 49.3 Å². The molecule has 1 atom stereocenters. The molecule has 2 rings (SSSR count). The lowest BCUT2D eigenvalue weighted by Gasteiger charge is -2.16. The van der Waals surface area contributed by atoms with E-state index in [4.69, 9.17) is 9.84 Å². The van der Waals surface area contributed by atoms with E-state index in [1.54, 1.807) is 0 Å². The third-order valence-electron chi connectivity index (χ3n) is 2.22. The summed E-state index contributed by atoms with van der Waals surface area (Å²) in [5.74, 6) is 0. The second-order valence-electron chi connectivity index (χ2n) is 3.51. The highest BCUT2D eigenvalue weighted by Crippen LogP contribution is 2.26. The Bertz CT molecular complexity index is 362. The zero-order valence-electron chi connectivity index (χ0n) is 7.83. The van der Waals surface area contributed by atoms with Crippen LogP contribution >= 0.6 is 0 Å². The van der Waals surface area contributed by atoms with Gasteiger partial charge in [-0.05, 0) is 12.8 Å². The summed E-state index contributed by atoms with van der Waals surface area (Å²) >= 11 is 0. The Balaban J connectivity index is 2.01. The molecule has 2 aliphatic rings. The Morgan fingerprint density at radius 1 is 1.53 bits per heavy atom. The van der Waals surface area contributed by atoms with E-state index in [2.05, 4.69) is 4.18 Å². The maximum Gasteiger partial charge on any atom is 0.423 e. The summed E-state index contributed by atoms with van der Waals surface area (Å²) in [6.45, 7) is -0.0997. The van der Waals surface area contributed by atoms with Gasteiger partial charge in [-0.3, -0.25) is 4.18 Å². The number of hydrogen-bond donors (Lipinski definition) is 1. The summed E-state index contributed by atoms with van der Waals surface area (Å²) in [6, 6.07) is -0.756. The van der Waals surface area contributed by atoms with Crippen molar-refractivity contribution in [1.82, 2.24) is 4.31 Å². The summed E-state index contributed by atoms with van der Waals surface area (Å²) in [4.78, 5) is 10.7. The highest BCUT2D eigenvalue weighted by Gasteiger charge is 2.43. The zero-order valence-corrected chi connectivity index (χ0v) is 8.64. The SMILES string of the molecule is O=C(O)N1[C@@H](COC2CC2)COS1(=O)=O. The summed E-state index contributed by atoms with van der Waals surface area (Å²) < 4.78 is 32.3. The first-order chi connectivity index (χ1) is 7.00. The molecule has 0 spiro atoms. The van der Waals surface area contributed by atoms with E-state index < -0.39 is 22.4 Å². The minimum atomic E-state index is -4.11. The molecule has 1 N–H and O–H groups in total. The molecule has 8 heteroatoms. The van der Waals surface area contributed by atoms with E-state index in [1.807, 2.05) is 0 Å². The standard InChI is InChI=1S/C7H11NO6S/c9-7(10)8-5(3-13-6-1-2-6)4-14-15(8,11)12/h5-6H,1-4H2,(H,9,10)/t5-/m0/s1. The fraction of sp³-hybridized carbons (Fsp3) is 0.857. The van der Waals surface area contributed by atoms with Crippen LogP contribution in [0.15, 0.2) is 0 Å². The summed E-state index contributed by atoms with van der Waals surface area (Å²) in [5.41, 5.74) is 0. The zero-order chi connectivity index (χ0) is 11.1. The van der Waals surface area contributed by atoms with Gasteiger partial charge in [0.2, 0.25) is 0 Å². The largest absolute Gasteiger partial charge is 0.464 e. The second kappa shape index (κ2) is 3.62. The molecule has 1 aliphatic carbocycles. The molecule has 0 aromatic heterocycles. The molecule has 1 saturated carbocycles. The van der Waals surface area contributed by atoms with Crippen LogP contribution in [0.5, 0.6) is 0 Å². The molecular weight excluding hydrogens is 226 g/mol. The van der Waals surface area contributed by atoms with E-state index in [9.17, 15) is 13.2 Å². The monoisotopic (exact) mass is 237 g/mol. The number of amides is 1. The third kappa shape index (κ3) is 2.21. The molecule has 1 amide bonds. The number of ether oxygens (including phenoxy) is 1. The van der Waals surface area contributed by atoms with Crippen molar-refractivity contribution in [1.29, 1.82) is 0 Å². The van der Waals surface area contributed by atoms with Gasteiger partial charge in [0.25, 0.3) is 0 Å². The summed E-state index contributed by atoms with van der Waals surface area (Å²) in [7, 11) is -4.11. The summed E-state index contributed by atoms with van der Waals surface area (Å²) in [5, 5.41) is 8.71. The molecule has 2 fully saturated rings. The quantitative estimate of drug-likeness (QED) is 0.730. The number of hydrogen-bond acceptors (Lipinski definition) is 5. The van der Waals surface area contributed by atoms with Crippen LogP contribution in [0, 0.1) is 0 Å². The fourth-order valence-corrected chi connectivity index (χ4v) is 2.44. The molecular formula is C7H11NO6S. The lowest BCUT2D eigenvalue weighted by molar-refractivity contribution is 0.0743. The van der Waals surface area contributed by atoms with Crippen LogP contribution in [-0.2, 0) is 19.2 Å². The molecule has 1 heterocycles. The first-order valence-electron chi connectivity index (χ1n) is 4.54. The molecule has 1 saturated heterocycles. The normalized spacial score (nSPS) is 29.3. The second-order valence-corrected chi connectivity index (χ2v) is 4.99. The Hall–Kier alpha value is -0.860. The third-order valence-corrected chi connectivity index (χ3v) is 3.59. The molecule has 15 heavy (non-hydrogen) atoms. The Morgan fingerprint density at radius 3 is 2.73 bits per heavy atom. The van der Waals surface area contributed by atoms with Gasteiger partial charge < -0.3 is 9.84 Å². The van der Waals surface area contributed by atoms with Crippen molar-refractivity contribution >= 4 is 16.4 Å². The highest BCUT2D eigenvalue weighted by molar-refractivity contribution is 7.85. The minimum Gasteiger partial charge on any atom is -0.464 e. The predicted molar refractivity (Wildman–Crippen MR) is 47.5 cm³/mol. The molecule has 1 aliphatic heterocycles. The van der Waals surface area contributed by atoms with Crippen molar-refractivity contribution in [3.8, 4) is 0 Å². The first-order valence-corrected chi connectivity index (χ1v) is 5.90. The van der Waals surface area contributed by atoms with Crippen LogP contribution in [0.1, 0.15) is 12.8 Å². The van der Waals surface area contributed by atoms with Gasteiger partial charge in [-0.2, -0.15) is 12.7 Å². The van der Waals surface area contributed by atoms with Gasteiger partial charge in [-0.1, -0.05) is 0 Å². The number of carbonyl (C=O) groups is 1. The molecule has 0 aromatic carbocycles. The molecule has 7 nitrogen and oxygen atoms in total. The van der Waals surface area contributed by atoms with Crippen LogP contribution in [0.4, 0.5) is 4.79 Å². The van der Waals surface area contributed by atoms with Gasteiger partial charge in [0.05, 0.1) is 19.3 Å². The Morgan fingerprint density at radius 2 is 2.20 bits per heavy atom. The van der Waals surface area contributed by atoms with Gasteiger partial charge >= 0.3 is 16.4 Å². The van der Waals surface area contributed by atoms with E-state index in [1.165, 1.54) is 0 Å². The molecule has 0 bridgehead atoms. The average Bonchev–Trinajstić information content (AvgIpc) is 2.87. The van der Waals surface area contributed by atoms with Crippen LogP contribution in [0.2, 0.25) is 0 Å². The van der Waals surface area contributed by atoms with Crippen molar-refractivity contribution in [3.63, 3.8) is 0 Å². The van der Waals surface area contributed by atoms with Crippen LogP contribution in [0.3, 0.4) is 0 Å². The van der Waals surface area contributed by atoms with Crippen molar-refractivity contribution in [3.05, 3.63) is 0 Å². The number of rotatable bonds is 3. The van der Waals surface area contributed by atoms with Crippen LogP contribution < -0.4 is 0 Å². The molecule has 86 valence electrons. The van der Waals surface area contributed by atoms with Crippen molar-refractivity contribution in [2.24, 2.45) is 0 Å². The van der Waals surface area contributed by atoms with Gasteiger partial charge in [-0.15, -0.1) is 0 Å². The number of nitrogens with zero attached hydrogens (tertiary/aromatic N) is 1. The predicted octanol–water partition coefficient (Wildman–Crippen LogP) is -0.211. The van der Waals surface area contributed by atoms with Gasteiger partial charge in [-0.25, -0.2) is 4.79 Å². The minimum absolute atomic E-state index is 0.0657. The average molecular weight is 237 g/mol. The molecule has 0 unspecified atom stereocenters. The maximum absolute atomic E-state index is 11.1. The van der Waals surface area contributed by atoms with Crippen LogP contribution in [0.25, 0.3) is 0 Å². The maximum atomic E-state index is 11.1. The van der Waals surface area contributed by atoms with Crippen molar-refractivity contribution in [2.45, 2.75) is 25.0 Å². The Kier molecular flexibility index (Phi) is 2.57. The highest BCUT2D eigenvalue weighted by atomic mass is 32.2. The van der Waals surface area contributed by atoms with Gasteiger partial charge in [0.15, 0.2) is 0 Å². The lowest BCUT2D eigenvalue weighted by Crippen LogP contribution is -2.41. The van der Waals surface area contributed by atoms with Crippen molar-refractivity contribution < 1.29 is 27.2 Å². The summed E-state index contributed by atoms with van der Waals surface area (Å²) in [6.07, 6.45) is 0.529. The fourth-order valence-electron chi connectivity index (χ4n) is 1.32. The van der Waals surface area contributed by atoms with Gasteiger partial charge in [0.1, 0.15) is 6.04 Å². The lowest BCUT2D eigenvalue weighted by atomic mass is 10.3. The smallest absolute Gasteiger partial charge is 0.423 e.